The second-order valence-electron chi connectivity index (χ2n) is 35.5. The van der Waals surface area contributed by atoms with Gasteiger partial charge in [-0.05, 0) is 252 Å². The van der Waals surface area contributed by atoms with Crippen LogP contribution < -0.4 is 0 Å². The van der Waals surface area contributed by atoms with Crippen molar-refractivity contribution < 1.29 is 26.5 Å². The molecule has 0 aliphatic heterocycles. The van der Waals surface area contributed by atoms with Crippen LogP contribution in [0, 0.1) is 0 Å². The Kier molecular flexibility index (Phi) is 17.6. The maximum Gasteiger partial charge on any atom is 0.161 e. The predicted octanol–water partition coefficient (Wildman–Crippen LogP) is 36.3. The Morgan fingerprint density at radius 1 is 0.139 bits per heavy atom. The Morgan fingerprint density at radius 2 is 0.453 bits per heavy atom. The van der Waals surface area contributed by atoms with E-state index in [0.717, 1.165) is 254 Å². The summed E-state index contributed by atoms with van der Waals surface area (Å²) in [6.07, 6.45) is 0. The van der Waals surface area contributed by atoms with Crippen LogP contribution in [0.5, 0.6) is 0 Å². The first kappa shape index (κ1) is 77.3. The largest absolute Gasteiger partial charge is 0.456 e. The molecule has 9 aromatic heterocycles. The number of hydrogen-bond donors (Lipinski definition) is 0. The van der Waals surface area contributed by atoms with Gasteiger partial charge in [-0.1, -0.05) is 303 Å². The molecule has 0 saturated carbocycles. The van der Waals surface area contributed by atoms with Crippen LogP contribution in [-0.4, -0.2) is 13.7 Å². The van der Waals surface area contributed by atoms with E-state index in [1.54, 1.807) is 0 Å². The zero-order chi connectivity index (χ0) is 89.9. The Balaban J connectivity index is 0.000000102. The monoisotopic (exact) mass is 1750 g/mol. The lowest BCUT2D eigenvalue weighted by Gasteiger charge is -2.09. The Morgan fingerprint density at radius 3 is 0.942 bits per heavy atom. The Hall–Kier alpha value is -18.4. The molecule has 0 radical (unpaired) electrons. The van der Waals surface area contributed by atoms with Crippen molar-refractivity contribution in [2.24, 2.45) is 0 Å². The summed E-state index contributed by atoms with van der Waals surface area (Å²) >= 11 is 0. The molecular formula is C128H77N3O6. The minimum Gasteiger partial charge on any atom is -0.456 e. The SMILES string of the molecule is c1ccc(-c2cccc3c2oc2cccc(-c4cccc(-c5ccc6oc7c8ccccc8n(-c8ccccc8)c7c6c5)c4)c23)cc1.c1ccc(-n2c3ccccc3c3oc4ccc(-c5cccc(-c6ccc7c(c6)oc6ccc8ccccc8c67)c5)cc4c32)cc1.c1ccc(-n2c3ccccc3c3oc4ccc(-c5cccc(-c6cccc7oc8c9ccccc9ccc8c67)c5)cc4c32)cc1. The third-order valence-corrected chi connectivity index (χ3v) is 27.8. The normalized spacial score (nSPS) is 11.9. The molecule has 9 heterocycles. The first-order valence-corrected chi connectivity index (χ1v) is 46.5. The van der Waals surface area contributed by atoms with Crippen molar-refractivity contribution in [2.45, 2.75) is 0 Å². The fourth-order valence-electron chi connectivity index (χ4n) is 21.5. The maximum absolute atomic E-state index is 6.56. The van der Waals surface area contributed by atoms with Gasteiger partial charge in [-0.2, -0.15) is 0 Å². The lowest BCUT2D eigenvalue weighted by Crippen LogP contribution is -1.92. The molecule has 0 fully saturated rings. The van der Waals surface area contributed by atoms with Gasteiger partial charge in [0.25, 0.3) is 0 Å². The first-order chi connectivity index (χ1) is 67.9. The molecule has 0 saturated heterocycles. The molecule has 0 aliphatic rings. The molecule has 9 heteroatoms. The highest BCUT2D eigenvalue weighted by atomic mass is 16.4. The van der Waals surface area contributed by atoms with Crippen LogP contribution in [0.2, 0.25) is 0 Å². The highest BCUT2D eigenvalue weighted by Gasteiger charge is 2.27. The van der Waals surface area contributed by atoms with Gasteiger partial charge >= 0.3 is 0 Å². The molecule has 9 nitrogen and oxygen atoms in total. The van der Waals surface area contributed by atoms with E-state index >= 15 is 0 Å². The zero-order valence-electron chi connectivity index (χ0n) is 73.7. The minimum absolute atomic E-state index is 0.884. The quantitative estimate of drug-likeness (QED) is 0.135. The average molecular weight is 1750 g/mol. The van der Waals surface area contributed by atoms with Crippen LogP contribution in [0.4, 0.5) is 0 Å². The van der Waals surface area contributed by atoms with E-state index in [1.165, 1.54) is 27.1 Å². The van der Waals surface area contributed by atoms with Crippen LogP contribution in [-0.2, 0) is 0 Å². The summed E-state index contributed by atoms with van der Waals surface area (Å²) in [7, 11) is 0. The van der Waals surface area contributed by atoms with E-state index in [4.69, 9.17) is 26.5 Å². The Labute approximate surface area is 783 Å². The van der Waals surface area contributed by atoms with E-state index < -0.39 is 0 Å². The highest BCUT2D eigenvalue weighted by Crippen LogP contribution is 2.49. The molecule has 21 aromatic carbocycles. The molecule has 137 heavy (non-hydrogen) atoms. The second kappa shape index (κ2) is 31.1. The van der Waals surface area contributed by atoms with Crippen molar-refractivity contribution in [3.8, 4) is 95.0 Å². The van der Waals surface area contributed by atoms with E-state index in [-0.39, 0.29) is 0 Å². The highest BCUT2D eigenvalue weighted by molar-refractivity contribution is 6.24. The summed E-state index contributed by atoms with van der Waals surface area (Å²) < 4.78 is 46.0. The van der Waals surface area contributed by atoms with Crippen molar-refractivity contribution >= 4 is 186 Å². The van der Waals surface area contributed by atoms with E-state index in [1.807, 2.05) is 6.07 Å². The van der Waals surface area contributed by atoms with Crippen LogP contribution in [0.1, 0.15) is 0 Å². The van der Waals surface area contributed by atoms with Gasteiger partial charge in [0.15, 0.2) is 16.7 Å². The van der Waals surface area contributed by atoms with E-state index in [0.29, 0.717) is 0 Å². The summed E-state index contributed by atoms with van der Waals surface area (Å²) in [4.78, 5) is 0. The lowest BCUT2D eigenvalue weighted by molar-refractivity contribution is 0.669. The molecule has 0 N–H and O–H groups in total. The molecule has 0 aliphatic carbocycles. The summed E-state index contributed by atoms with van der Waals surface area (Å²) in [5.41, 5.74) is 37.0. The molecule has 0 unspecified atom stereocenters. The average Bonchev–Trinajstić information content (AvgIpc) is 1.59. The number of benzene rings is 21. The van der Waals surface area contributed by atoms with Gasteiger partial charge in [0.05, 0.1) is 16.6 Å². The summed E-state index contributed by atoms with van der Waals surface area (Å²) in [6.45, 7) is 0. The van der Waals surface area contributed by atoms with Gasteiger partial charge in [0.1, 0.15) is 66.8 Å². The summed E-state index contributed by atoms with van der Waals surface area (Å²) in [6, 6.07) is 165. The molecule has 0 amide bonds. The van der Waals surface area contributed by atoms with Crippen LogP contribution >= 0.6 is 0 Å². The number of hydrogen-bond acceptors (Lipinski definition) is 6. The molecule has 30 aromatic rings. The van der Waals surface area contributed by atoms with Gasteiger partial charge in [0.2, 0.25) is 0 Å². The number of fused-ring (bicyclic) bond motifs is 28. The van der Waals surface area contributed by atoms with Gasteiger partial charge in [-0.15, -0.1) is 0 Å². The number of rotatable bonds is 10. The van der Waals surface area contributed by atoms with Crippen molar-refractivity contribution in [1.29, 1.82) is 0 Å². The fraction of sp³-hybridized carbons (Fsp3) is 0. The van der Waals surface area contributed by atoms with E-state index in [9.17, 15) is 0 Å². The smallest absolute Gasteiger partial charge is 0.161 e. The summed E-state index contributed by atoms with van der Waals surface area (Å²) in [5, 5.41) is 18.3. The molecule has 640 valence electrons. The van der Waals surface area contributed by atoms with Crippen molar-refractivity contribution in [3.63, 3.8) is 0 Å². The fourth-order valence-corrected chi connectivity index (χ4v) is 21.5. The second-order valence-corrected chi connectivity index (χ2v) is 35.5. The number of para-hydroxylation sites is 7. The van der Waals surface area contributed by atoms with Gasteiger partial charge < -0.3 is 40.2 Å². The molecule has 0 spiro atoms. The molecule has 0 atom stereocenters. The van der Waals surface area contributed by atoms with Crippen LogP contribution in [0.25, 0.3) is 281 Å². The molecule has 30 rings (SSSR count). The number of aromatic nitrogens is 3. The van der Waals surface area contributed by atoms with Gasteiger partial charge in [-0.25, -0.2) is 0 Å². The van der Waals surface area contributed by atoms with Gasteiger partial charge in [0, 0.05) is 92.6 Å². The van der Waals surface area contributed by atoms with E-state index in [2.05, 4.69) is 475 Å². The third kappa shape index (κ3) is 12.5. The standard InChI is InChI=1S/C44H27NO2.2C42H25NO2/c1-3-12-28(13-4-1)34-20-10-21-36-41-33(19-11-23-40(41)47-43(34)36)31-15-9-14-29(26-31)30-24-25-39-37(27-30)42-44(46-39)35-18-7-8-22-38(35)45(42)32-16-5-2-6-17-32;1-2-13-30(14-3-1)43-36-18-7-6-16-33(36)42-40(43)35-25-28(21-23-37(35)44-42)27-11-8-12-29(24-27)31-17-9-19-38-39(31)34-22-20-26-10-4-5-15-32(26)41(34)45-38;1-2-12-31(13-3-1)43-36-16-7-6-15-33(36)42-41(43)35-24-29(19-21-37(35)45-42)27-10-8-11-28(23-27)30-17-20-34-39(25-30)44-38-22-18-26-9-4-5-14-32(26)40(34)38/h1-27H;2*1-25H. The lowest BCUT2D eigenvalue weighted by atomic mass is 9.95. The van der Waals surface area contributed by atoms with Crippen LogP contribution in [0.15, 0.2) is 494 Å². The molecular weight excluding hydrogens is 1680 g/mol. The summed E-state index contributed by atoms with van der Waals surface area (Å²) in [5.74, 6) is 0. The topological polar surface area (TPSA) is 93.6 Å². The minimum atomic E-state index is 0.884. The van der Waals surface area contributed by atoms with Crippen molar-refractivity contribution in [2.75, 3.05) is 0 Å². The van der Waals surface area contributed by atoms with Gasteiger partial charge in [-0.3, -0.25) is 0 Å². The number of furan rings is 6. The van der Waals surface area contributed by atoms with Crippen molar-refractivity contribution in [3.05, 3.63) is 467 Å². The van der Waals surface area contributed by atoms with Crippen molar-refractivity contribution in [1.82, 2.24) is 13.7 Å². The Bertz CT molecular complexity index is 10100. The maximum atomic E-state index is 6.56. The predicted molar refractivity (Wildman–Crippen MR) is 567 cm³/mol. The zero-order valence-corrected chi connectivity index (χ0v) is 73.7. The number of nitrogens with zero attached hydrogens (tertiary/aromatic N) is 3. The first-order valence-electron chi connectivity index (χ1n) is 46.5. The third-order valence-electron chi connectivity index (χ3n) is 27.8. The molecule has 0 bridgehead atoms. The van der Waals surface area contributed by atoms with Crippen LogP contribution in [0.3, 0.4) is 0 Å².